The molecule has 0 amide bonds. The molecular formula is C24H28FN3O5. The standard InChI is InChI=1S/C24H28FN3O5/c1-31-20-7-4-15(22(32-2)23(20)33-3)14-27-8-10-28(11-9-27)21(24(29)30)18-13-26-19-12-16(25)5-6-17(18)19/h4-7,12-13,21,26H,8-11,14H2,1-3H3,(H,29,30)/t21-/m1/s1. The van der Waals surface area contributed by atoms with Gasteiger partial charge < -0.3 is 24.3 Å². The molecule has 1 aliphatic heterocycles. The molecule has 1 saturated heterocycles. The van der Waals surface area contributed by atoms with Gasteiger partial charge in [-0.15, -0.1) is 0 Å². The molecule has 0 bridgehead atoms. The van der Waals surface area contributed by atoms with Crippen LogP contribution in [0.2, 0.25) is 0 Å². The lowest BCUT2D eigenvalue weighted by atomic mass is 10.0. The van der Waals surface area contributed by atoms with Gasteiger partial charge in [-0.05, 0) is 24.3 Å². The molecule has 33 heavy (non-hydrogen) atoms. The number of rotatable bonds is 8. The number of hydrogen-bond acceptors (Lipinski definition) is 6. The molecule has 4 rings (SSSR count). The van der Waals surface area contributed by atoms with Crippen molar-refractivity contribution in [1.82, 2.24) is 14.8 Å². The number of methoxy groups -OCH3 is 3. The Balaban J connectivity index is 1.49. The van der Waals surface area contributed by atoms with Crippen LogP contribution in [-0.4, -0.2) is 73.4 Å². The SMILES string of the molecule is COc1ccc(CN2CCN([C@@H](C(=O)O)c3c[nH]c4cc(F)ccc34)CC2)c(OC)c1OC. The Morgan fingerprint density at radius 2 is 1.79 bits per heavy atom. The fourth-order valence-corrected chi connectivity index (χ4v) is 4.54. The first kappa shape index (κ1) is 22.9. The smallest absolute Gasteiger partial charge is 0.325 e. The predicted octanol–water partition coefficient (Wildman–Crippen LogP) is 3.28. The molecule has 9 heteroatoms. The van der Waals surface area contributed by atoms with Crippen LogP contribution < -0.4 is 14.2 Å². The Hall–Kier alpha value is -3.30. The van der Waals surface area contributed by atoms with E-state index in [2.05, 4.69) is 9.88 Å². The van der Waals surface area contributed by atoms with Gasteiger partial charge >= 0.3 is 5.97 Å². The number of benzene rings is 2. The van der Waals surface area contributed by atoms with Crippen molar-refractivity contribution in [2.75, 3.05) is 47.5 Å². The average Bonchev–Trinajstić information content (AvgIpc) is 3.22. The summed E-state index contributed by atoms with van der Waals surface area (Å²) in [6.45, 7) is 3.19. The Bertz CT molecular complexity index is 1140. The molecule has 1 aliphatic rings. The van der Waals surface area contributed by atoms with Crippen LogP contribution in [0.1, 0.15) is 17.2 Å². The van der Waals surface area contributed by atoms with E-state index in [1.165, 1.54) is 12.1 Å². The minimum absolute atomic E-state index is 0.359. The zero-order valence-corrected chi connectivity index (χ0v) is 18.9. The van der Waals surface area contributed by atoms with E-state index in [0.29, 0.717) is 61.1 Å². The Labute approximate surface area is 191 Å². The third-order valence-corrected chi connectivity index (χ3v) is 6.16. The predicted molar refractivity (Wildman–Crippen MR) is 122 cm³/mol. The number of fused-ring (bicyclic) bond motifs is 1. The summed E-state index contributed by atoms with van der Waals surface area (Å²) in [5.41, 5.74) is 2.21. The lowest BCUT2D eigenvalue weighted by Crippen LogP contribution is -2.48. The normalized spacial score (nSPS) is 16.0. The van der Waals surface area contributed by atoms with E-state index in [4.69, 9.17) is 14.2 Å². The molecule has 2 heterocycles. The molecular weight excluding hydrogens is 429 g/mol. The van der Waals surface area contributed by atoms with Crippen LogP contribution in [0.25, 0.3) is 10.9 Å². The lowest BCUT2D eigenvalue weighted by Gasteiger charge is -2.37. The molecule has 1 aromatic heterocycles. The van der Waals surface area contributed by atoms with Crippen molar-refractivity contribution < 1.29 is 28.5 Å². The van der Waals surface area contributed by atoms with Gasteiger partial charge in [-0.3, -0.25) is 14.6 Å². The molecule has 3 aromatic rings. The van der Waals surface area contributed by atoms with Crippen LogP contribution in [0.15, 0.2) is 36.5 Å². The number of piperazine rings is 1. The molecule has 1 atom stereocenters. The number of aromatic nitrogens is 1. The van der Waals surface area contributed by atoms with E-state index in [1.807, 2.05) is 17.0 Å². The van der Waals surface area contributed by atoms with Crippen molar-refractivity contribution in [3.05, 3.63) is 53.5 Å². The first-order chi connectivity index (χ1) is 16.0. The van der Waals surface area contributed by atoms with Crippen LogP contribution >= 0.6 is 0 Å². The van der Waals surface area contributed by atoms with E-state index in [9.17, 15) is 14.3 Å². The van der Waals surface area contributed by atoms with Crippen molar-refractivity contribution in [3.63, 3.8) is 0 Å². The molecule has 1 fully saturated rings. The highest BCUT2D eigenvalue weighted by Gasteiger charge is 2.32. The summed E-state index contributed by atoms with van der Waals surface area (Å²) in [5, 5.41) is 10.7. The van der Waals surface area contributed by atoms with Gasteiger partial charge in [-0.25, -0.2) is 4.39 Å². The van der Waals surface area contributed by atoms with Crippen molar-refractivity contribution in [1.29, 1.82) is 0 Å². The largest absolute Gasteiger partial charge is 0.493 e. The fraction of sp³-hybridized carbons (Fsp3) is 0.375. The molecule has 0 unspecified atom stereocenters. The highest BCUT2D eigenvalue weighted by molar-refractivity contribution is 5.89. The second kappa shape index (κ2) is 9.68. The van der Waals surface area contributed by atoms with E-state index in [-0.39, 0.29) is 5.82 Å². The number of H-pyrrole nitrogens is 1. The number of nitrogens with one attached hydrogen (secondary N) is 1. The molecule has 2 N–H and O–H groups in total. The highest BCUT2D eigenvalue weighted by atomic mass is 19.1. The Morgan fingerprint density at radius 3 is 2.42 bits per heavy atom. The summed E-state index contributed by atoms with van der Waals surface area (Å²) in [4.78, 5) is 19.4. The van der Waals surface area contributed by atoms with E-state index in [0.717, 1.165) is 10.9 Å². The third-order valence-electron chi connectivity index (χ3n) is 6.16. The monoisotopic (exact) mass is 457 g/mol. The second-order valence-corrected chi connectivity index (χ2v) is 7.98. The van der Waals surface area contributed by atoms with Crippen molar-refractivity contribution in [2.45, 2.75) is 12.6 Å². The molecule has 2 aromatic carbocycles. The second-order valence-electron chi connectivity index (χ2n) is 7.98. The lowest BCUT2D eigenvalue weighted by molar-refractivity contribution is -0.144. The summed E-state index contributed by atoms with van der Waals surface area (Å²) in [6, 6.07) is 7.37. The van der Waals surface area contributed by atoms with Crippen molar-refractivity contribution in [2.24, 2.45) is 0 Å². The molecule has 0 spiro atoms. The van der Waals surface area contributed by atoms with Gasteiger partial charge in [0.25, 0.3) is 0 Å². The number of halogens is 1. The highest BCUT2D eigenvalue weighted by Crippen LogP contribution is 2.40. The molecule has 0 saturated carbocycles. The van der Waals surface area contributed by atoms with Crippen LogP contribution in [0.5, 0.6) is 17.2 Å². The number of carboxylic acid groups (broad SMARTS) is 1. The van der Waals surface area contributed by atoms with Crippen LogP contribution in [0, 0.1) is 5.82 Å². The van der Waals surface area contributed by atoms with Crippen LogP contribution in [0.4, 0.5) is 4.39 Å². The van der Waals surface area contributed by atoms with Gasteiger partial charge in [0.2, 0.25) is 5.75 Å². The average molecular weight is 458 g/mol. The van der Waals surface area contributed by atoms with Crippen molar-refractivity contribution >= 4 is 16.9 Å². The van der Waals surface area contributed by atoms with E-state index in [1.54, 1.807) is 33.6 Å². The van der Waals surface area contributed by atoms with Gasteiger partial charge in [0, 0.05) is 61.0 Å². The number of ether oxygens (including phenoxy) is 3. The number of nitrogens with zero attached hydrogens (tertiary/aromatic N) is 2. The van der Waals surface area contributed by atoms with E-state index >= 15 is 0 Å². The van der Waals surface area contributed by atoms with Gasteiger partial charge in [0.1, 0.15) is 11.9 Å². The maximum Gasteiger partial charge on any atom is 0.325 e. The van der Waals surface area contributed by atoms with Crippen LogP contribution in [0.3, 0.4) is 0 Å². The maximum absolute atomic E-state index is 13.6. The Kier molecular flexibility index (Phi) is 6.71. The number of hydrogen-bond donors (Lipinski definition) is 2. The van der Waals surface area contributed by atoms with Crippen LogP contribution in [-0.2, 0) is 11.3 Å². The first-order valence-corrected chi connectivity index (χ1v) is 10.7. The van der Waals surface area contributed by atoms with Gasteiger partial charge in [-0.1, -0.05) is 6.07 Å². The van der Waals surface area contributed by atoms with E-state index < -0.39 is 12.0 Å². The molecule has 0 radical (unpaired) electrons. The summed E-state index contributed by atoms with van der Waals surface area (Å²) >= 11 is 0. The minimum atomic E-state index is -0.921. The summed E-state index contributed by atoms with van der Waals surface area (Å²) in [7, 11) is 4.76. The number of aliphatic carboxylic acids is 1. The number of aromatic amines is 1. The fourth-order valence-electron chi connectivity index (χ4n) is 4.54. The summed E-state index contributed by atoms with van der Waals surface area (Å²) < 4.78 is 30.0. The number of carboxylic acids is 1. The zero-order valence-electron chi connectivity index (χ0n) is 18.9. The van der Waals surface area contributed by atoms with Gasteiger partial charge in [-0.2, -0.15) is 0 Å². The Morgan fingerprint density at radius 1 is 1.06 bits per heavy atom. The zero-order chi connectivity index (χ0) is 23.5. The minimum Gasteiger partial charge on any atom is -0.493 e. The number of carbonyl (C=O) groups is 1. The van der Waals surface area contributed by atoms with Gasteiger partial charge in [0.15, 0.2) is 11.5 Å². The molecule has 176 valence electrons. The van der Waals surface area contributed by atoms with Crippen molar-refractivity contribution in [3.8, 4) is 17.2 Å². The van der Waals surface area contributed by atoms with Gasteiger partial charge in [0.05, 0.1) is 21.3 Å². The first-order valence-electron chi connectivity index (χ1n) is 10.7. The molecule has 0 aliphatic carbocycles. The quantitative estimate of drug-likeness (QED) is 0.537. The molecule has 8 nitrogen and oxygen atoms in total. The summed E-state index contributed by atoms with van der Waals surface area (Å²) in [5.74, 6) is 0.509. The third kappa shape index (κ3) is 4.46. The topological polar surface area (TPSA) is 87.3 Å². The summed E-state index contributed by atoms with van der Waals surface area (Å²) in [6.07, 6.45) is 1.67. The maximum atomic E-state index is 13.6.